The number of rotatable bonds is 3. The van der Waals surface area contributed by atoms with E-state index < -0.39 is 17.5 Å². The zero-order chi connectivity index (χ0) is 18.6. The van der Waals surface area contributed by atoms with Crippen LogP contribution in [0.25, 0.3) is 0 Å². The molecule has 1 aromatic carbocycles. The lowest BCUT2D eigenvalue weighted by Gasteiger charge is -2.56. The van der Waals surface area contributed by atoms with E-state index in [-0.39, 0.29) is 23.5 Å². The molecule has 2 N–H and O–H groups in total. The topological polar surface area (TPSA) is 74.6 Å². The van der Waals surface area contributed by atoms with Gasteiger partial charge in [0.2, 0.25) is 0 Å². The summed E-state index contributed by atoms with van der Waals surface area (Å²) in [7, 11) is 0. The van der Waals surface area contributed by atoms with Gasteiger partial charge >= 0.3 is 5.97 Å². The van der Waals surface area contributed by atoms with Crippen LogP contribution in [0.15, 0.2) is 18.2 Å². The minimum Gasteiger partial charge on any atom is -0.481 e. The maximum Gasteiger partial charge on any atom is 0.303 e. The highest BCUT2D eigenvalue weighted by Crippen LogP contribution is 2.58. The zero-order valence-corrected chi connectivity index (χ0v) is 15.5. The van der Waals surface area contributed by atoms with Gasteiger partial charge in [0.05, 0.1) is 6.42 Å². The van der Waals surface area contributed by atoms with Crippen molar-refractivity contribution in [2.24, 2.45) is 11.3 Å². The summed E-state index contributed by atoms with van der Waals surface area (Å²) in [6, 6.07) is 6.03. The highest BCUT2D eigenvalue weighted by molar-refractivity contribution is 6.03. The first kappa shape index (κ1) is 18.1. The summed E-state index contributed by atoms with van der Waals surface area (Å²) in [5, 5.41) is 20.3. The molecular weight excluding hydrogens is 316 g/mol. The number of carbonyl (C=O) groups is 2. The fourth-order valence-corrected chi connectivity index (χ4v) is 5.45. The number of aliphatic hydroxyl groups excluding tert-OH is 1. The molecule has 0 unspecified atom stereocenters. The van der Waals surface area contributed by atoms with Crippen LogP contribution >= 0.6 is 0 Å². The van der Waals surface area contributed by atoms with Gasteiger partial charge in [-0.3, -0.25) is 9.59 Å². The number of carboxylic acid groups (broad SMARTS) is 1. The van der Waals surface area contributed by atoms with E-state index in [1.807, 2.05) is 19.1 Å². The Morgan fingerprint density at radius 1 is 1.28 bits per heavy atom. The summed E-state index contributed by atoms with van der Waals surface area (Å²) < 4.78 is 0. The number of hydrogen-bond donors (Lipinski definition) is 2. The molecule has 4 atom stereocenters. The Hall–Kier alpha value is -1.68. The van der Waals surface area contributed by atoms with Crippen molar-refractivity contribution in [3.8, 4) is 0 Å². The van der Waals surface area contributed by atoms with E-state index in [1.165, 1.54) is 0 Å². The van der Waals surface area contributed by atoms with Crippen LogP contribution in [0.3, 0.4) is 0 Å². The van der Waals surface area contributed by atoms with Gasteiger partial charge in [0, 0.05) is 11.5 Å². The number of aliphatic hydroxyl groups is 1. The number of carbonyl (C=O) groups excluding carboxylic acids is 1. The minimum atomic E-state index is -1.13. The highest BCUT2D eigenvalue weighted by atomic mass is 16.4. The average Bonchev–Trinajstić information content (AvgIpc) is 2.51. The Morgan fingerprint density at radius 3 is 2.56 bits per heavy atom. The molecule has 1 saturated carbocycles. The largest absolute Gasteiger partial charge is 0.481 e. The number of carboxylic acids is 1. The molecule has 4 heteroatoms. The second-order valence-corrected chi connectivity index (χ2v) is 8.74. The van der Waals surface area contributed by atoms with Gasteiger partial charge in [0.25, 0.3) is 0 Å². The number of benzene rings is 1. The number of aliphatic carboxylic acids is 1. The molecule has 3 rings (SSSR count). The maximum absolute atomic E-state index is 13.0. The molecule has 0 amide bonds. The molecule has 136 valence electrons. The third-order valence-corrected chi connectivity index (χ3v) is 6.61. The molecule has 1 fully saturated rings. The van der Waals surface area contributed by atoms with Crippen molar-refractivity contribution < 1.29 is 19.8 Å². The van der Waals surface area contributed by atoms with E-state index in [2.05, 4.69) is 26.8 Å². The van der Waals surface area contributed by atoms with Crippen molar-refractivity contribution in [3.63, 3.8) is 0 Å². The maximum atomic E-state index is 13.0. The molecule has 0 radical (unpaired) electrons. The van der Waals surface area contributed by atoms with Crippen molar-refractivity contribution in [1.29, 1.82) is 0 Å². The molecule has 0 spiro atoms. The lowest BCUT2D eigenvalue weighted by molar-refractivity contribution is -0.144. The van der Waals surface area contributed by atoms with Crippen LogP contribution in [0.5, 0.6) is 0 Å². The van der Waals surface area contributed by atoms with E-state index in [0.717, 1.165) is 30.4 Å². The fourth-order valence-electron chi connectivity index (χ4n) is 5.45. The Labute approximate surface area is 149 Å². The van der Waals surface area contributed by atoms with Gasteiger partial charge in [-0.1, -0.05) is 46.2 Å². The number of fused-ring (bicyclic) bond motifs is 3. The van der Waals surface area contributed by atoms with Crippen molar-refractivity contribution in [3.05, 3.63) is 34.9 Å². The Bertz CT molecular complexity index is 723. The normalized spacial score (nSPS) is 34.6. The summed E-state index contributed by atoms with van der Waals surface area (Å²) in [4.78, 5) is 24.4. The standard InChI is InChI=1S/C21H28O4/c1-12(2)13-6-7-15-14(10-13)17(24)18(25)19-20(3,11-16(22)23)8-5-9-21(15,19)4/h6-7,10,12,18-19,25H,5,8-9,11H2,1-4H3,(H,22,23)/t18-,19-,20-,21+/m0/s1. The molecule has 0 aliphatic heterocycles. The lowest BCUT2D eigenvalue weighted by Crippen LogP contribution is -2.58. The van der Waals surface area contributed by atoms with Gasteiger partial charge in [-0.15, -0.1) is 0 Å². The molecule has 0 saturated heterocycles. The Kier molecular flexibility index (Phi) is 4.31. The van der Waals surface area contributed by atoms with Crippen LogP contribution < -0.4 is 0 Å². The first-order valence-corrected chi connectivity index (χ1v) is 9.19. The van der Waals surface area contributed by atoms with Gasteiger partial charge in [-0.2, -0.15) is 0 Å². The van der Waals surface area contributed by atoms with E-state index in [0.29, 0.717) is 11.5 Å². The van der Waals surface area contributed by atoms with Crippen molar-refractivity contribution in [2.75, 3.05) is 0 Å². The van der Waals surface area contributed by atoms with E-state index in [1.54, 1.807) is 0 Å². The van der Waals surface area contributed by atoms with Gasteiger partial charge in [0.1, 0.15) is 6.10 Å². The first-order valence-electron chi connectivity index (χ1n) is 9.19. The van der Waals surface area contributed by atoms with Crippen LogP contribution in [0.4, 0.5) is 0 Å². The zero-order valence-electron chi connectivity index (χ0n) is 15.5. The van der Waals surface area contributed by atoms with Crippen LogP contribution in [-0.2, 0) is 10.2 Å². The second-order valence-electron chi connectivity index (χ2n) is 8.74. The average molecular weight is 344 g/mol. The SMILES string of the molecule is CC(C)c1ccc2c(c1)C(=O)[C@H](O)[C@H]1[C@](C)(CC(=O)O)CCC[C@]21C. The predicted molar refractivity (Wildman–Crippen MR) is 95.9 cm³/mol. The molecule has 0 heterocycles. The first-order chi connectivity index (χ1) is 11.6. The quantitative estimate of drug-likeness (QED) is 0.872. The third-order valence-electron chi connectivity index (χ3n) is 6.61. The van der Waals surface area contributed by atoms with E-state index in [9.17, 15) is 19.8 Å². The number of hydrogen-bond acceptors (Lipinski definition) is 3. The van der Waals surface area contributed by atoms with Crippen molar-refractivity contribution in [1.82, 2.24) is 0 Å². The Morgan fingerprint density at radius 2 is 1.96 bits per heavy atom. The predicted octanol–water partition coefficient (Wildman–Crippen LogP) is 3.91. The molecule has 4 nitrogen and oxygen atoms in total. The van der Waals surface area contributed by atoms with Gasteiger partial charge < -0.3 is 10.2 Å². The third kappa shape index (κ3) is 2.71. The molecule has 1 aromatic rings. The molecule has 0 bridgehead atoms. The van der Waals surface area contributed by atoms with Crippen LogP contribution in [-0.4, -0.2) is 28.1 Å². The van der Waals surface area contributed by atoms with E-state index in [4.69, 9.17) is 0 Å². The molecule has 0 aromatic heterocycles. The van der Waals surface area contributed by atoms with Crippen LogP contribution in [0.2, 0.25) is 0 Å². The van der Waals surface area contributed by atoms with Gasteiger partial charge in [-0.05, 0) is 46.8 Å². The van der Waals surface area contributed by atoms with Gasteiger partial charge in [-0.25, -0.2) is 0 Å². The molecular formula is C21H28O4. The number of ketones is 1. The summed E-state index contributed by atoms with van der Waals surface area (Å²) in [6.45, 7) is 8.19. The Balaban J connectivity index is 2.17. The van der Waals surface area contributed by atoms with Crippen LogP contribution in [0, 0.1) is 11.3 Å². The summed E-state index contributed by atoms with van der Waals surface area (Å²) in [5.74, 6) is -1.18. The van der Waals surface area contributed by atoms with Crippen LogP contribution in [0.1, 0.15) is 80.8 Å². The fraction of sp³-hybridized carbons (Fsp3) is 0.619. The summed E-state index contributed by atoms with van der Waals surface area (Å²) in [6.07, 6.45) is 1.35. The van der Waals surface area contributed by atoms with E-state index >= 15 is 0 Å². The molecule has 2 aliphatic rings. The summed E-state index contributed by atoms with van der Waals surface area (Å²) >= 11 is 0. The van der Waals surface area contributed by atoms with Crippen molar-refractivity contribution in [2.45, 2.75) is 70.8 Å². The summed E-state index contributed by atoms with van der Waals surface area (Å²) in [5.41, 5.74) is 1.74. The lowest BCUT2D eigenvalue weighted by atomic mass is 9.48. The highest BCUT2D eigenvalue weighted by Gasteiger charge is 2.58. The molecule has 25 heavy (non-hydrogen) atoms. The number of Topliss-reactive ketones (excluding diaryl/α,β-unsaturated/α-hetero) is 1. The van der Waals surface area contributed by atoms with Gasteiger partial charge in [0.15, 0.2) is 5.78 Å². The van der Waals surface area contributed by atoms with Crippen molar-refractivity contribution >= 4 is 11.8 Å². The monoisotopic (exact) mass is 344 g/mol. The minimum absolute atomic E-state index is 0.0169. The molecule has 2 aliphatic carbocycles. The second kappa shape index (κ2) is 5.94. The smallest absolute Gasteiger partial charge is 0.303 e.